The molecule has 1 fully saturated rings. The van der Waals surface area contributed by atoms with Crippen molar-refractivity contribution in [3.63, 3.8) is 0 Å². The van der Waals surface area contributed by atoms with E-state index in [0.717, 1.165) is 6.42 Å². The Bertz CT molecular complexity index is 838. The van der Waals surface area contributed by atoms with Gasteiger partial charge in [-0.3, -0.25) is 14.4 Å². The number of carbonyl (C=O) groups excluding carboxylic acids is 3. The molecule has 4 unspecified atom stereocenters. The summed E-state index contributed by atoms with van der Waals surface area (Å²) in [5, 5.41) is 38.3. The van der Waals surface area contributed by atoms with Crippen LogP contribution in [0.15, 0.2) is 24.3 Å². The third kappa shape index (κ3) is 7.72. The molecule has 33 heavy (non-hydrogen) atoms. The number of phenols is 1. The Morgan fingerprint density at radius 1 is 1.03 bits per heavy atom. The van der Waals surface area contributed by atoms with Gasteiger partial charge >= 0.3 is 5.97 Å². The highest BCUT2D eigenvalue weighted by Gasteiger charge is 2.32. The third-order valence-corrected chi connectivity index (χ3v) is 5.43. The van der Waals surface area contributed by atoms with E-state index in [-0.39, 0.29) is 18.1 Å². The van der Waals surface area contributed by atoms with Gasteiger partial charge < -0.3 is 36.6 Å². The van der Waals surface area contributed by atoms with Crippen LogP contribution in [0.3, 0.4) is 0 Å². The molecule has 4 atom stereocenters. The van der Waals surface area contributed by atoms with Crippen molar-refractivity contribution in [2.75, 3.05) is 13.2 Å². The summed E-state index contributed by atoms with van der Waals surface area (Å²) in [5.41, 5.74) is 0.685. The molecule has 1 saturated heterocycles. The van der Waals surface area contributed by atoms with Crippen molar-refractivity contribution in [2.45, 2.75) is 57.3 Å². The number of aromatic hydroxyl groups is 1. The number of aliphatic hydroxyl groups excluding tert-OH is 1. The van der Waals surface area contributed by atoms with Crippen LogP contribution in [0.4, 0.5) is 0 Å². The zero-order chi connectivity index (χ0) is 24.5. The molecule has 1 aromatic carbocycles. The molecule has 0 aliphatic carbocycles. The van der Waals surface area contributed by atoms with Gasteiger partial charge in [0.15, 0.2) is 0 Å². The minimum absolute atomic E-state index is 0.0624. The number of hydrogen-bond acceptors (Lipinski definition) is 7. The first-order chi connectivity index (χ1) is 15.6. The maximum atomic E-state index is 13.1. The van der Waals surface area contributed by atoms with Crippen LogP contribution < -0.4 is 21.3 Å². The van der Waals surface area contributed by atoms with Crippen molar-refractivity contribution in [1.29, 1.82) is 0 Å². The molecular weight excluding hydrogens is 432 g/mol. The Hall–Kier alpha value is -3.18. The summed E-state index contributed by atoms with van der Waals surface area (Å²) in [7, 11) is 0. The lowest BCUT2D eigenvalue weighted by atomic mass is 10.00. The van der Waals surface area contributed by atoms with E-state index in [0.29, 0.717) is 18.5 Å². The Morgan fingerprint density at radius 2 is 1.70 bits per heavy atom. The molecule has 1 aliphatic rings. The van der Waals surface area contributed by atoms with Gasteiger partial charge in [-0.2, -0.15) is 0 Å². The number of nitrogens with one attached hydrogen (secondary N) is 4. The lowest BCUT2D eigenvalue weighted by molar-refractivity contribution is -0.143. The Labute approximate surface area is 191 Å². The summed E-state index contributed by atoms with van der Waals surface area (Å²) in [6.45, 7) is 3.26. The maximum Gasteiger partial charge on any atom is 0.328 e. The molecule has 0 radical (unpaired) electrons. The molecule has 1 heterocycles. The van der Waals surface area contributed by atoms with Gasteiger partial charge in [0, 0.05) is 6.42 Å². The van der Waals surface area contributed by atoms with E-state index < -0.39 is 54.5 Å². The lowest BCUT2D eigenvalue weighted by Gasteiger charge is -2.27. The van der Waals surface area contributed by atoms with Crippen LogP contribution in [0.1, 0.15) is 32.3 Å². The monoisotopic (exact) mass is 464 g/mol. The molecule has 11 nitrogen and oxygen atoms in total. The number of aliphatic carboxylic acids is 1. The molecule has 0 saturated carbocycles. The van der Waals surface area contributed by atoms with E-state index in [4.69, 9.17) is 10.2 Å². The number of carbonyl (C=O) groups is 4. The molecule has 11 heteroatoms. The summed E-state index contributed by atoms with van der Waals surface area (Å²) < 4.78 is 0. The van der Waals surface area contributed by atoms with Crippen LogP contribution in [-0.4, -0.2) is 76.3 Å². The molecule has 0 bridgehead atoms. The van der Waals surface area contributed by atoms with Crippen molar-refractivity contribution in [1.82, 2.24) is 21.3 Å². The number of rotatable bonds is 11. The third-order valence-electron chi connectivity index (χ3n) is 5.43. The summed E-state index contributed by atoms with van der Waals surface area (Å²) in [6, 6.07) is 2.18. The molecular formula is C22H32N4O7. The van der Waals surface area contributed by atoms with E-state index in [2.05, 4.69) is 21.3 Å². The Kier molecular flexibility index (Phi) is 9.61. The van der Waals surface area contributed by atoms with E-state index in [9.17, 15) is 24.3 Å². The van der Waals surface area contributed by atoms with Gasteiger partial charge in [-0.15, -0.1) is 0 Å². The van der Waals surface area contributed by atoms with E-state index >= 15 is 0 Å². The number of amides is 3. The van der Waals surface area contributed by atoms with Crippen LogP contribution in [-0.2, 0) is 25.6 Å². The van der Waals surface area contributed by atoms with E-state index in [1.54, 1.807) is 26.0 Å². The normalized spacial score (nSPS) is 18.2. The van der Waals surface area contributed by atoms with Crippen LogP contribution in [0.2, 0.25) is 0 Å². The molecule has 2 rings (SSSR count). The number of phenolic OH excluding ortho intramolecular Hbond substituents is 1. The Balaban J connectivity index is 2.17. The summed E-state index contributed by atoms with van der Waals surface area (Å²) in [5.74, 6) is -3.44. The van der Waals surface area contributed by atoms with Crippen molar-refractivity contribution < 1.29 is 34.5 Å². The predicted octanol–water partition coefficient (Wildman–Crippen LogP) is -1.13. The largest absolute Gasteiger partial charge is 0.508 e. The van der Waals surface area contributed by atoms with Gasteiger partial charge in [0.25, 0.3) is 0 Å². The van der Waals surface area contributed by atoms with Gasteiger partial charge in [0.05, 0.1) is 12.6 Å². The minimum Gasteiger partial charge on any atom is -0.508 e. The van der Waals surface area contributed by atoms with Crippen LogP contribution in [0, 0.1) is 5.92 Å². The quantitative estimate of drug-likeness (QED) is 0.215. The average Bonchev–Trinajstić information content (AvgIpc) is 3.31. The van der Waals surface area contributed by atoms with E-state index in [1.807, 2.05) is 0 Å². The highest BCUT2D eigenvalue weighted by atomic mass is 16.4. The fourth-order valence-corrected chi connectivity index (χ4v) is 3.49. The lowest BCUT2D eigenvalue weighted by Crippen LogP contribution is -2.59. The molecule has 0 spiro atoms. The first-order valence-electron chi connectivity index (χ1n) is 10.9. The predicted molar refractivity (Wildman–Crippen MR) is 118 cm³/mol. The molecule has 182 valence electrons. The van der Waals surface area contributed by atoms with Gasteiger partial charge in [-0.1, -0.05) is 26.0 Å². The highest BCUT2D eigenvalue weighted by Crippen LogP contribution is 2.13. The number of carboxylic acid groups (broad SMARTS) is 1. The highest BCUT2D eigenvalue weighted by molar-refractivity contribution is 5.94. The zero-order valence-electron chi connectivity index (χ0n) is 18.7. The van der Waals surface area contributed by atoms with Gasteiger partial charge in [-0.05, 0) is 43.0 Å². The number of aliphatic hydroxyl groups is 1. The van der Waals surface area contributed by atoms with Crippen LogP contribution in [0.5, 0.6) is 5.75 Å². The second kappa shape index (κ2) is 12.2. The first-order valence-corrected chi connectivity index (χ1v) is 10.9. The fourth-order valence-electron chi connectivity index (χ4n) is 3.49. The van der Waals surface area contributed by atoms with Crippen molar-refractivity contribution >= 4 is 23.7 Å². The number of carboxylic acids is 1. The first kappa shape index (κ1) is 26.1. The van der Waals surface area contributed by atoms with Crippen LogP contribution in [0.25, 0.3) is 0 Å². The molecule has 7 N–H and O–H groups in total. The SMILES string of the molecule is CC(C)C(NC(=O)C(Cc1ccc(O)cc1)NC(=O)C1CCCN1)C(=O)NC(CO)C(=O)O. The van der Waals surface area contributed by atoms with Gasteiger partial charge in [-0.25, -0.2) is 4.79 Å². The van der Waals surface area contributed by atoms with Crippen molar-refractivity contribution in [3.05, 3.63) is 29.8 Å². The molecule has 1 aliphatic heterocycles. The smallest absolute Gasteiger partial charge is 0.328 e. The standard InChI is InChI=1S/C22H32N4O7/c1-12(2)18(21(31)25-17(11-27)22(32)33)26-20(30)16(10-13-5-7-14(28)8-6-13)24-19(29)15-4-3-9-23-15/h5-8,12,15-18,23,27-28H,3-4,9-11H2,1-2H3,(H,24,29)(H,25,31)(H,26,30)(H,32,33). The maximum absolute atomic E-state index is 13.1. The topological polar surface area (TPSA) is 177 Å². The van der Waals surface area contributed by atoms with Gasteiger partial charge in [0.1, 0.15) is 23.9 Å². The number of hydrogen-bond donors (Lipinski definition) is 7. The van der Waals surface area contributed by atoms with E-state index in [1.165, 1.54) is 12.1 Å². The van der Waals surface area contributed by atoms with Gasteiger partial charge in [0.2, 0.25) is 17.7 Å². The summed E-state index contributed by atoms with van der Waals surface area (Å²) >= 11 is 0. The van der Waals surface area contributed by atoms with Crippen molar-refractivity contribution in [3.8, 4) is 5.75 Å². The second-order valence-corrected chi connectivity index (χ2v) is 8.39. The second-order valence-electron chi connectivity index (χ2n) is 8.39. The molecule has 1 aromatic rings. The minimum atomic E-state index is -1.50. The molecule has 0 aromatic heterocycles. The zero-order valence-corrected chi connectivity index (χ0v) is 18.7. The van der Waals surface area contributed by atoms with Crippen molar-refractivity contribution in [2.24, 2.45) is 5.92 Å². The fraction of sp³-hybridized carbons (Fsp3) is 0.545. The molecule has 3 amide bonds. The average molecular weight is 465 g/mol. The Morgan fingerprint density at radius 3 is 2.21 bits per heavy atom. The summed E-state index contributed by atoms with van der Waals surface area (Å²) in [4.78, 5) is 49.5. The summed E-state index contributed by atoms with van der Waals surface area (Å²) in [6.07, 6.45) is 1.61. The van der Waals surface area contributed by atoms with Crippen LogP contribution >= 0.6 is 0 Å². The number of benzene rings is 1.